The van der Waals surface area contributed by atoms with E-state index < -0.39 is 0 Å². The zero-order valence-corrected chi connectivity index (χ0v) is 56.7. The highest BCUT2D eigenvalue weighted by Gasteiger charge is 2.24. The van der Waals surface area contributed by atoms with Gasteiger partial charge in [-0.1, -0.05) is 291 Å². The van der Waals surface area contributed by atoms with E-state index in [9.17, 15) is 0 Å². The molecule has 22 rings (SSSR count). The Hall–Kier alpha value is -13.8. The molecule has 104 heavy (non-hydrogen) atoms. The van der Waals surface area contributed by atoms with E-state index in [1.165, 1.54) is 186 Å². The number of nitrogens with zero attached hydrogens (tertiary/aromatic N) is 4. The second-order valence-corrected chi connectivity index (χ2v) is 27.5. The minimum atomic E-state index is 1.16. The third kappa shape index (κ3) is 9.46. The number of para-hydroxylation sites is 4. The molecule has 4 nitrogen and oxygen atoms in total. The number of hydrogen-bond acceptors (Lipinski definition) is 0. The van der Waals surface area contributed by atoms with Crippen molar-refractivity contribution in [2.75, 3.05) is 0 Å². The van der Waals surface area contributed by atoms with Crippen molar-refractivity contribution in [3.05, 3.63) is 388 Å². The molecule has 484 valence electrons. The lowest BCUT2D eigenvalue weighted by Gasteiger charge is -2.15. The first-order valence-electron chi connectivity index (χ1n) is 35.9. The van der Waals surface area contributed by atoms with E-state index in [2.05, 4.69) is 407 Å². The van der Waals surface area contributed by atoms with Gasteiger partial charge < -0.3 is 18.3 Å². The fourth-order valence-electron chi connectivity index (χ4n) is 17.0. The third-order valence-electron chi connectivity index (χ3n) is 21.8. The number of fused-ring (bicyclic) bond motifs is 16. The molecule has 4 heteroatoms. The molecule has 0 amide bonds. The van der Waals surface area contributed by atoms with Crippen molar-refractivity contribution in [2.24, 2.45) is 0 Å². The number of rotatable bonds is 8. The summed E-state index contributed by atoms with van der Waals surface area (Å²) in [7, 11) is 0. The van der Waals surface area contributed by atoms with Crippen LogP contribution in [-0.4, -0.2) is 18.3 Å². The smallest absolute Gasteiger partial charge is 0.0549 e. The lowest BCUT2D eigenvalue weighted by molar-refractivity contribution is 1.18. The third-order valence-corrected chi connectivity index (χ3v) is 21.8. The van der Waals surface area contributed by atoms with Gasteiger partial charge in [0, 0.05) is 65.2 Å². The Labute approximate surface area is 600 Å². The van der Waals surface area contributed by atoms with Crippen LogP contribution < -0.4 is 0 Å². The van der Waals surface area contributed by atoms with E-state index in [0.717, 1.165) is 11.4 Å². The maximum Gasteiger partial charge on any atom is 0.0549 e. The Balaban J connectivity index is 0.000000134. The van der Waals surface area contributed by atoms with Crippen molar-refractivity contribution in [3.8, 4) is 67.3 Å². The molecule has 0 aliphatic carbocycles. The maximum absolute atomic E-state index is 2.48. The summed E-state index contributed by atoms with van der Waals surface area (Å²) in [6.07, 6.45) is 0. The van der Waals surface area contributed by atoms with Crippen LogP contribution in [0.3, 0.4) is 0 Å². The highest BCUT2D eigenvalue weighted by Crippen LogP contribution is 2.46. The minimum absolute atomic E-state index is 1.16. The molecule has 22 aromatic rings. The van der Waals surface area contributed by atoms with Crippen LogP contribution in [-0.2, 0) is 0 Å². The summed E-state index contributed by atoms with van der Waals surface area (Å²) in [4.78, 5) is 0. The molecule has 0 spiro atoms. The molecule has 0 saturated heterocycles. The van der Waals surface area contributed by atoms with Crippen molar-refractivity contribution < 1.29 is 0 Å². The Kier molecular flexibility index (Phi) is 13.6. The molecule has 0 fully saturated rings. The van der Waals surface area contributed by atoms with Gasteiger partial charge in [-0.2, -0.15) is 0 Å². The first-order chi connectivity index (χ1) is 51.6. The van der Waals surface area contributed by atoms with Crippen molar-refractivity contribution >= 4 is 130 Å². The molecule has 0 N–H and O–H groups in total. The molecular weight excluding hydrogens is 1260 g/mol. The minimum Gasteiger partial charge on any atom is -0.309 e. The molecule has 0 unspecified atom stereocenters. The lowest BCUT2D eigenvalue weighted by atomic mass is 9.97. The van der Waals surface area contributed by atoms with Crippen molar-refractivity contribution in [2.45, 2.75) is 0 Å². The molecule has 0 atom stereocenters. The van der Waals surface area contributed by atoms with E-state index >= 15 is 0 Å². The summed E-state index contributed by atoms with van der Waals surface area (Å²) in [5.41, 5.74) is 24.2. The largest absolute Gasteiger partial charge is 0.309 e. The van der Waals surface area contributed by atoms with Crippen molar-refractivity contribution in [1.82, 2.24) is 18.3 Å². The quantitative estimate of drug-likeness (QED) is 0.144. The van der Waals surface area contributed by atoms with Crippen molar-refractivity contribution in [1.29, 1.82) is 0 Å². The van der Waals surface area contributed by atoms with Crippen LogP contribution in [0.2, 0.25) is 0 Å². The summed E-state index contributed by atoms with van der Waals surface area (Å²) >= 11 is 0. The monoisotopic (exact) mass is 1320 g/mol. The normalized spacial score (nSPS) is 11.8. The second kappa shape index (κ2) is 24.0. The number of hydrogen-bond donors (Lipinski definition) is 0. The van der Waals surface area contributed by atoms with Gasteiger partial charge in [0.15, 0.2) is 0 Å². The van der Waals surface area contributed by atoms with Gasteiger partial charge in [0.1, 0.15) is 0 Å². The highest BCUT2D eigenvalue weighted by atomic mass is 15.0. The first kappa shape index (κ1) is 59.1. The van der Waals surface area contributed by atoms with E-state index in [4.69, 9.17) is 0 Å². The van der Waals surface area contributed by atoms with Crippen LogP contribution in [0.1, 0.15) is 0 Å². The summed E-state index contributed by atoms with van der Waals surface area (Å²) in [6.45, 7) is 0. The van der Waals surface area contributed by atoms with Gasteiger partial charge in [-0.3, -0.25) is 0 Å². The molecule has 18 aromatic carbocycles. The van der Waals surface area contributed by atoms with Crippen LogP contribution >= 0.6 is 0 Å². The average molecular weight is 1320 g/mol. The topological polar surface area (TPSA) is 19.7 Å². The van der Waals surface area contributed by atoms with Crippen LogP contribution in [0.4, 0.5) is 0 Å². The van der Waals surface area contributed by atoms with Crippen LogP contribution in [0.15, 0.2) is 388 Å². The van der Waals surface area contributed by atoms with Gasteiger partial charge in [0.2, 0.25) is 0 Å². The Morgan fingerprint density at radius 3 is 0.769 bits per heavy atom. The van der Waals surface area contributed by atoms with E-state index in [1.807, 2.05) is 0 Å². The van der Waals surface area contributed by atoms with E-state index in [-0.39, 0.29) is 0 Å². The summed E-state index contributed by atoms with van der Waals surface area (Å²) < 4.78 is 9.87. The first-order valence-corrected chi connectivity index (χ1v) is 35.9. The molecule has 0 aliphatic rings. The fourth-order valence-corrected chi connectivity index (χ4v) is 17.0. The summed E-state index contributed by atoms with van der Waals surface area (Å²) in [5.74, 6) is 0. The molecule has 4 aromatic heterocycles. The van der Waals surface area contributed by atoms with Crippen LogP contribution in [0.25, 0.3) is 198 Å². The molecule has 0 radical (unpaired) electrons. The Morgan fingerprint density at radius 1 is 0.135 bits per heavy atom. The second-order valence-electron chi connectivity index (χ2n) is 27.5. The molecule has 0 saturated carbocycles. The summed E-state index contributed by atoms with van der Waals surface area (Å²) in [5, 5.41) is 19.9. The van der Waals surface area contributed by atoms with Gasteiger partial charge in [-0.15, -0.1) is 0 Å². The molecule has 0 bridgehead atoms. The predicted octanol–water partition coefficient (Wildman–Crippen LogP) is 27.0. The van der Waals surface area contributed by atoms with Crippen LogP contribution in [0.5, 0.6) is 0 Å². The number of benzene rings is 18. The van der Waals surface area contributed by atoms with Gasteiger partial charge in [0.25, 0.3) is 0 Å². The lowest BCUT2D eigenvalue weighted by Crippen LogP contribution is -1.97. The zero-order chi connectivity index (χ0) is 68.3. The molecule has 0 aliphatic heterocycles. The Bertz CT molecular complexity index is 6760. The molecule has 4 heterocycles. The van der Waals surface area contributed by atoms with Gasteiger partial charge in [-0.25, -0.2) is 0 Å². The van der Waals surface area contributed by atoms with Crippen LogP contribution in [0, 0.1) is 0 Å². The van der Waals surface area contributed by atoms with E-state index in [0.29, 0.717) is 0 Å². The van der Waals surface area contributed by atoms with E-state index in [1.54, 1.807) is 0 Å². The fraction of sp³-hybridized carbons (Fsp3) is 0. The SMILES string of the molecule is c1ccc(-c2ccc(-n3c4ccccc4c4cc5c(cc43)c3ccccc3n5-c3ccc(-c4ccccc4)c4ccccc34)c3ccccc23)cc1.c1ccc(-c2ccc3ccc(-n4c5ccccc5c5cc6c(cc54)c4ccccc4n6-c4ccc5ccc(-c6ccccc6)cc5c4)cc3c2)cc1. The molecular formula is C100H64N4. The van der Waals surface area contributed by atoms with Crippen molar-refractivity contribution in [3.63, 3.8) is 0 Å². The van der Waals surface area contributed by atoms with Gasteiger partial charge in [-0.05, 0) is 174 Å². The highest BCUT2D eigenvalue weighted by molar-refractivity contribution is 6.22. The van der Waals surface area contributed by atoms with Gasteiger partial charge >= 0.3 is 0 Å². The van der Waals surface area contributed by atoms with Gasteiger partial charge in [0.05, 0.1) is 55.5 Å². The Morgan fingerprint density at radius 2 is 0.413 bits per heavy atom. The predicted molar refractivity (Wildman–Crippen MR) is 442 cm³/mol. The standard InChI is InChI=1S/2C50H32N2/c1-3-15-33(16-4-1)35-27-29-47(39-21-9-7-19-37(35)39)51-45-25-13-11-23-41(45)43-32-50-44(31-49(43)51)42-24-12-14-26-46(42)52(50)48-30-28-36(34-17-5-2-6-18-34)38-20-8-10-22-40(38)48;1-3-11-33(12-4-1)37-21-19-35-23-25-41(29-39(35)27-37)51-47-17-9-7-15-43(47)45-32-50-46(31-49(45)51)44-16-8-10-18-48(44)52(50)42-26-24-36-20-22-38(28-40(36)30-42)34-13-5-2-6-14-34/h2*1-32H. The number of aromatic nitrogens is 4. The maximum atomic E-state index is 2.48. The zero-order valence-electron chi connectivity index (χ0n) is 56.7. The summed E-state index contributed by atoms with van der Waals surface area (Å²) in [6, 6.07) is 142. The average Bonchev–Trinajstić information content (AvgIpc) is 1.56.